The number of nitrogens with zero attached hydrogens (tertiary/aromatic N) is 5. The minimum Gasteiger partial charge on any atom is -0.318 e. The van der Waals surface area contributed by atoms with E-state index in [1.807, 2.05) is 25.5 Å². The van der Waals surface area contributed by atoms with Crippen molar-refractivity contribution in [3.8, 4) is 0 Å². The highest BCUT2D eigenvalue weighted by Crippen LogP contribution is 2.26. The third kappa shape index (κ3) is 2.59. The summed E-state index contributed by atoms with van der Waals surface area (Å²) in [4.78, 5) is 9.18. The van der Waals surface area contributed by atoms with Crippen LogP contribution in [0.3, 0.4) is 0 Å². The molecule has 0 bridgehead atoms. The van der Waals surface area contributed by atoms with E-state index in [-0.39, 0.29) is 0 Å². The van der Waals surface area contributed by atoms with Crippen LogP contribution in [-0.2, 0) is 13.5 Å². The maximum atomic E-state index is 6.04. The summed E-state index contributed by atoms with van der Waals surface area (Å²) in [5, 5.41) is 9.17. The minimum atomic E-state index is 0.475. The van der Waals surface area contributed by atoms with Gasteiger partial charge in [-0.25, -0.2) is 9.97 Å². The largest absolute Gasteiger partial charge is 0.318 e. The first-order valence-electron chi connectivity index (χ1n) is 6.43. The third-order valence-corrected chi connectivity index (χ3v) is 4.21. The maximum absolute atomic E-state index is 6.04. The highest BCUT2D eigenvalue weighted by molar-refractivity contribution is 6.42. The van der Waals surface area contributed by atoms with Gasteiger partial charge in [0.1, 0.15) is 11.6 Å². The van der Waals surface area contributed by atoms with Crippen LogP contribution in [0.15, 0.2) is 12.1 Å². The van der Waals surface area contributed by atoms with Crippen LogP contribution in [0.1, 0.15) is 23.0 Å². The Morgan fingerprint density at radius 2 is 1.62 bits per heavy atom. The van der Waals surface area contributed by atoms with E-state index in [9.17, 15) is 0 Å². The van der Waals surface area contributed by atoms with Crippen LogP contribution in [-0.4, -0.2) is 24.7 Å². The predicted molar refractivity (Wildman–Crippen MR) is 82.8 cm³/mol. The molecular weight excluding hydrogens is 309 g/mol. The molecule has 1 aromatic carbocycles. The van der Waals surface area contributed by atoms with Gasteiger partial charge in [-0.3, -0.25) is 0 Å². The molecule has 2 aromatic heterocycles. The van der Waals surface area contributed by atoms with Gasteiger partial charge in [-0.2, -0.15) is 0 Å². The van der Waals surface area contributed by atoms with E-state index in [0.29, 0.717) is 16.5 Å². The number of hydrogen-bond donors (Lipinski definition) is 0. The number of aromatic nitrogens is 5. The molecule has 0 fully saturated rings. The first-order chi connectivity index (χ1) is 9.95. The van der Waals surface area contributed by atoms with Crippen LogP contribution in [0.2, 0.25) is 10.0 Å². The van der Waals surface area contributed by atoms with Gasteiger partial charge in [0.15, 0.2) is 0 Å². The van der Waals surface area contributed by atoms with Crippen molar-refractivity contribution in [3.05, 3.63) is 45.2 Å². The van der Waals surface area contributed by atoms with Crippen LogP contribution >= 0.6 is 23.2 Å². The van der Waals surface area contributed by atoms with E-state index >= 15 is 0 Å². The van der Waals surface area contributed by atoms with Crippen molar-refractivity contribution in [1.29, 1.82) is 0 Å². The molecule has 3 rings (SSSR count). The first kappa shape index (κ1) is 14.2. The second-order valence-corrected chi connectivity index (χ2v) is 5.72. The molecule has 0 aliphatic carbocycles. The van der Waals surface area contributed by atoms with Crippen LogP contribution in [0.4, 0.5) is 0 Å². The molecule has 0 spiro atoms. The highest BCUT2D eigenvalue weighted by Gasteiger charge is 2.12. The van der Waals surface area contributed by atoms with Gasteiger partial charge in [-0.1, -0.05) is 23.2 Å². The molecule has 3 aromatic rings. The fourth-order valence-electron chi connectivity index (χ4n) is 2.10. The number of hydrogen-bond acceptors (Lipinski definition) is 4. The van der Waals surface area contributed by atoms with Gasteiger partial charge in [0, 0.05) is 7.05 Å². The van der Waals surface area contributed by atoms with E-state index < -0.39 is 0 Å². The molecule has 0 unspecified atom stereocenters. The van der Waals surface area contributed by atoms with Crippen molar-refractivity contribution in [2.75, 3.05) is 0 Å². The predicted octanol–water partition coefficient (Wildman–Crippen LogP) is 3.27. The topological polar surface area (TPSA) is 56.5 Å². The molecule has 0 radical (unpaired) electrons. The zero-order valence-corrected chi connectivity index (χ0v) is 13.4. The minimum absolute atomic E-state index is 0.475. The Morgan fingerprint density at radius 3 is 2.19 bits per heavy atom. The van der Waals surface area contributed by atoms with E-state index in [4.69, 9.17) is 23.2 Å². The summed E-state index contributed by atoms with van der Waals surface area (Å²) >= 11 is 12.1. The van der Waals surface area contributed by atoms with E-state index in [0.717, 1.165) is 34.1 Å². The second kappa shape index (κ2) is 5.24. The molecule has 0 saturated carbocycles. The zero-order chi connectivity index (χ0) is 15.1. The fourth-order valence-corrected chi connectivity index (χ4v) is 2.41. The molecule has 0 amide bonds. The zero-order valence-electron chi connectivity index (χ0n) is 11.9. The Bertz CT molecular complexity index is 841. The number of halogens is 2. The van der Waals surface area contributed by atoms with Gasteiger partial charge in [0.2, 0.25) is 0 Å². The summed E-state index contributed by atoms with van der Waals surface area (Å²) in [5.74, 6) is 1.72. The SMILES string of the molecule is Cc1nc2cc(Cl)c(Cl)cc2nc1Cc1nnc(C)n1C. The lowest BCUT2D eigenvalue weighted by atomic mass is 10.2. The Morgan fingerprint density at radius 1 is 1.00 bits per heavy atom. The molecule has 0 N–H and O–H groups in total. The van der Waals surface area contributed by atoms with Gasteiger partial charge in [0.05, 0.1) is 38.9 Å². The average Bonchev–Trinajstić information content (AvgIpc) is 2.74. The number of fused-ring (bicyclic) bond motifs is 1. The Balaban J connectivity index is 2.08. The van der Waals surface area contributed by atoms with Crippen molar-refractivity contribution >= 4 is 34.2 Å². The number of rotatable bonds is 2. The lowest BCUT2D eigenvalue weighted by molar-refractivity contribution is 0.785. The van der Waals surface area contributed by atoms with Gasteiger partial charge in [-0.05, 0) is 26.0 Å². The molecule has 0 aliphatic heterocycles. The van der Waals surface area contributed by atoms with Crippen molar-refractivity contribution in [2.24, 2.45) is 7.05 Å². The van der Waals surface area contributed by atoms with Crippen LogP contribution in [0.5, 0.6) is 0 Å². The summed E-state index contributed by atoms with van der Waals surface area (Å²) in [6, 6.07) is 3.46. The van der Waals surface area contributed by atoms with E-state index in [1.165, 1.54) is 0 Å². The molecule has 0 atom stereocenters. The van der Waals surface area contributed by atoms with E-state index in [1.54, 1.807) is 12.1 Å². The maximum Gasteiger partial charge on any atom is 0.138 e. The molecular formula is C14H13Cl2N5. The van der Waals surface area contributed by atoms with Crippen molar-refractivity contribution < 1.29 is 0 Å². The van der Waals surface area contributed by atoms with Crippen LogP contribution < -0.4 is 0 Å². The monoisotopic (exact) mass is 321 g/mol. The first-order valence-corrected chi connectivity index (χ1v) is 7.18. The standard InChI is InChI=1S/C14H13Cl2N5/c1-7-11(6-14-20-19-8(2)21(14)3)18-13-5-10(16)9(15)4-12(13)17-7/h4-5H,6H2,1-3H3. The summed E-state index contributed by atoms with van der Waals surface area (Å²) in [6.45, 7) is 3.84. The summed E-state index contributed by atoms with van der Waals surface area (Å²) in [6.07, 6.45) is 0.576. The molecule has 0 aliphatic rings. The fraction of sp³-hybridized carbons (Fsp3) is 0.286. The van der Waals surface area contributed by atoms with Gasteiger partial charge >= 0.3 is 0 Å². The Kier molecular flexibility index (Phi) is 3.55. The van der Waals surface area contributed by atoms with Crippen molar-refractivity contribution in [1.82, 2.24) is 24.7 Å². The van der Waals surface area contributed by atoms with Crippen molar-refractivity contribution in [3.63, 3.8) is 0 Å². The van der Waals surface area contributed by atoms with E-state index in [2.05, 4.69) is 20.2 Å². The Labute approximate surface area is 132 Å². The molecule has 7 heteroatoms. The second-order valence-electron chi connectivity index (χ2n) is 4.91. The smallest absolute Gasteiger partial charge is 0.138 e. The lowest BCUT2D eigenvalue weighted by Gasteiger charge is -2.07. The third-order valence-electron chi connectivity index (χ3n) is 3.49. The van der Waals surface area contributed by atoms with Crippen LogP contribution in [0.25, 0.3) is 11.0 Å². The highest BCUT2D eigenvalue weighted by atomic mass is 35.5. The van der Waals surface area contributed by atoms with Gasteiger partial charge in [-0.15, -0.1) is 10.2 Å². The molecule has 21 heavy (non-hydrogen) atoms. The molecule has 108 valence electrons. The number of benzene rings is 1. The normalized spacial score (nSPS) is 11.3. The number of aryl methyl sites for hydroxylation is 2. The molecule has 0 saturated heterocycles. The summed E-state index contributed by atoms with van der Waals surface area (Å²) in [7, 11) is 1.94. The average molecular weight is 322 g/mol. The van der Waals surface area contributed by atoms with Crippen LogP contribution in [0, 0.1) is 13.8 Å². The Hall–Kier alpha value is -1.72. The quantitative estimate of drug-likeness (QED) is 0.726. The molecule has 2 heterocycles. The molecule has 5 nitrogen and oxygen atoms in total. The summed E-state index contributed by atoms with van der Waals surface area (Å²) in [5.41, 5.74) is 3.17. The van der Waals surface area contributed by atoms with Gasteiger partial charge < -0.3 is 4.57 Å². The summed E-state index contributed by atoms with van der Waals surface area (Å²) < 4.78 is 1.94. The van der Waals surface area contributed by atoms with Crippen molar-refractivity contribution in [2.45, 2.75) is 20.3 Å². The van der Waals surface area contributed by atoms with Gasteiger partial charge in [0.25, 0.3) is 0 Å². The lowest BCUT2D eigenvalue weighted by Crippen LogP contribution is -2.05.